The molecule has 0 saturated heterocycles. The molecular formula is C12H15BrN4O2. The average Bonchev–Trinajstić information content (AvgIpc) is 2.78. The number of hydrogen-bond acceptors (Lipinski definition) is 4. The fourth-order valence-electron chi connectivity index (χ4n) is 1.54. The SMILES string of the molecule is CC(C)C(O)CNC(=O)c1cnn2cc(Br)cnc12. The Kier molecular flexibility index (Phi) is 4.16. The maximum absolute atomic E-state index is 12.0. The van der Waals surface area contributed by atoms with E-state index in [-0.39, 0.29) is 18.4 Å². The lowest BCUT2D eigenvalue weighted by molar-refractivity contribution is 0.0873. The predicted molar refractivity (Wildman–Crippen MR) is 73.9 cm³/mol. The summed E-state index contributed by atoms with van der Waals surface area (Å²) in [7, 11) is 0. The number of fused-ring (bicyclic) bond motifs is 1. The number of halogens is 1. The molecule has 2 heterocycles. The normalized spacial score (nSPS) is 12.9. The molecule has 0 aliphatic heterocycles. The number of aliphatic hydroxyl groups excluding tert-OH is 1. The van der Waals surface area contributed by atoms with Crippen LogP contribution in [0.3, 0.4) is 0 Å². The topological polar surface area (TPSA) is 79.5 Å². The first kappa shape index (κ1) is 14.0. The Balaban J connectivity index is 2.14. The van der Waals surface area contributed by atoms with E-state index in [0.717, 1.165) is 4.47 Å². The molecule has 0 spiro atoms. The van der Waals surface area contributed by atoms with E-state index in [1.165, 1.54) is 10.7 Å². The van der Waals surface area contributed by atoms with E-state index in [0.29, 0.717) is 11.2 Å². The summed E-state index contributed by atoms with van der Waals surface area (Å²) in [6, 6.07) is 0. The molecule has 1 atom stereocenters. The van der Waals surface area contributed by atoms with Crippen LogP contribution in [0.1, 0.15) is 24.2 Å². The number of aromatic nitrogens is 3. The molecule has 0 radical (unpaired) electrons. The third-order valence-corrected chi connectivity index (χ3v) is 3.22. The van der Waals surface area contributed by atoms with Crippen molar-refractivity contribution in [2.75, 3.05) is 6.54 Å². The first-order valence-electron chi connectivity index (χ1n) is 5.94. The van der Waals surface area contributed by atoms with Gasteiger partial charge in [0.15, 0.2) is 5.65 Å². The van der Waals surface area contributed by atoms with Crippen molar-refractivity contribution >= 4 is 27.5 Å². The van der Waals surface area contributed by atoms with Gasteiger partial charge in [-0.25, -0.2) is 9.50 Å². The molecule has 2 aromatic rings. The molecule has 0 aliphatic carbocycles. The molecule has 7 heteroatoms. The van der Waals surface area contributed by atoms with Gasteiger partial charge in [0, 0.05) is 18.9 Å². The number of hydrogen-bond donors (Lipinski definition) is 2. The van der Waals surface area contributed by atoms with E-state index in [2.05, 4.69) is 31.3 Å². The summed E-state index contributed by atoms with van der Waals surface area (Å²) in [5.41, 5.74) is 0.878. The zero-order valence-corrected chi connectivity index (χ0v) is 12.3. The number of aliphatic hydroxyl groups is 1. The van der Waals surface area contributed by atoms with Gasteiger partial charge in [0.2, 0.25) is 0 Å². The fraction of sp³-hybridized carbons (Fsp3) is 0.417. The lowest BCUT2D eigenvalue weighted by Crippen LogP contribution is -2.34. The maximum Gasteiger partial charge on any atom is 0.256 e. The minimum Gasteiger partial charge on any atom is -0.391 e. The van der Waals surface area contributed by atoms with E-state index in [9.17, 15) is 9.90 Å². The second kappa shape index (κ2) is 5.66. The highest BCUT2D eigenvalue weighted by atomic mass is 79.9. The maximum atomic E-state index is 12.0. The Bertz CT molecular complexity index is 596. The van der Waals surface area contributed by atoms with Crippen LogP contribution in [0.5, 0.6) is 0 Å². The van der Waals surface area contributed by atoms with Gasteiger partial charge < -0.3 is 10.4 Å². The van der Waals surface area contributed by atoms with Crippen LogP contribution >= 0.6 is 15.9 Å². The molecule has 0 fully saturated rings. The summed E-state index contributed by atoms with van der Waals surface area (Å²) >= 11 is 3.29. The number of carbonyl (C=O) groups excluding carboxylic acids is 1. The Labute approximate surface area is 119 Å². The number of carbonyl (C=O) groups is 1. The smallest absolute Gasteiger partial charge is 0.256 e. The summed E-state index contributed by atoms with van der Waals surface area (Å²) in [5, 5.41) is 16.4. The Morgan fingerprint density at radius 3 is 2.95 bits per heavy atom. The van der Waals surface area contributed by atoms with Crippen LogP contribution in [-0.2, 0) is 0 Å². The van der Waals surface area contributed by atoms with Crippen molar-refractivity contribution in [3.8, 4) is 0 Å². The Hall–Kier alpha value is -1.47. The molecule has 1 amide bonds. The van der Waals surface area contributed by atoms with Gasteiger partial charge in [-0.15, -0.1) is 0 Å². The number of nitrogens with zero attached hydrogens (tertiary/aromatic N) is 3. The van der Waals surface area contributed by atoms with Crippen LogP contribution in [0.25, 0.3) is 5.65 Å². The quantitative estimate of drug-likeness (QED) is 0.885. The van der Waals surface area contributed by atoms with Gasteiger partial charge in [-0.1, -0.05) is 13.8 Å². The van der Waals surface area contributed by atoms with Crippen LogP contribution in [0.2, 0.25) is 0 Å². The van der Waals surface area contributed by atoms with E-state index in [1.54, 1.807) is 12.4 Å². The van der Waals surface area contributed by atoms with Crippen LogP contribution in [0.4, 0.5) is 0 Å². The first-order valence-corrected chi connectivity index (χ1v) is 6.73. The van der Waals surface area contributed by atoms with Gasteiger partial charge in [0.25, 0.3) is 5.91 Å². The second-order valence-electron chi connectivity index (χ2n) is 4.62. The highest BCUT2D eigenvalue weighted by molar-refractivity contribution is 9.10. The predicted octanol–water partition coefficient (Wildman–Crippen LogP) is 1.24. The van der Waals surface area contributed by atoms with Gasteiger partial charge in [0.05, 0.1) is 16.8 Å². The molecule has 0 aromatic carbocycles. The van der Waals surface area contributed by atoms with Crippen molar-refractivity contribution in [1.29, 1.82) is 0 Å². The van der Waals surface area contributed by atoms with Gasteiger partial charge >= 0.3 is 0 Å². The van der Waals surface area contributed by atoms with Crippen LogP contribution in [-0.4, -0.2) is 38.3 Å². The highest BCUT2D eigenvalue weighted by Crippen LogP contribution is 2.12. The van der Waals surface area contributed by atoms with Gasteiger partial charge in [0.1, 0.15) is 5.56 Å². The van der Waals surface area contributed by atoms with Gasteiger partial charge in [-0.3, -0.25) is 4.79 Å². The van der Waals surface area contributed by atoms with E-state index >= 15 is 0 Å². The lowest BCUT2D eigenvalue weighted by Gasteiger charge is -2.14. The van der Waals surface area contributed by atoms with Crippen molar-refractivity contribution in [3.05, 3.63) is 28.6 Å². The standard InChI is InChI=1S/C12H15BrN4O2/c1-7(2)10(18)5-15-12(19)9-4-16-17-6-8(13)3-14-11(9)17/h3-4,6-7,10,18H,5H2,1-2H3,(H,15,19). The van der Waals surface area contributed by atoms with Crippen LogP contribution in [0.15, 0.2) is 23.1 Å². The molecule has 6 nitrogen and oxygen atoms in total. The Morgan fingerprint density at radius 1 is 1.53 bits per heavy atom. The first-order chi connectivity index (χ1) is 8.99. The van der Waals surface area contributed by atoms with Gasteiger partial charge in [-0.2, -0.15) is 5.10 Å². The summed E-state index contributed by atoms with van der Waals surface area (Å²) in [4.78, 5) is 16.2. The zero-order valence-electron chi connectivity index (χ0n) is 10.7. The molecule has 19 heavy (non-hydrogen) atoms. The van der Waals surface area contributed by atoms with Crippen molar-refractivity contribution in [3.63, 3.8) is 0 Å². The fourth-order valence-corrected chi connectivity index (χ4v) is 1.84. The third-order valence-electron chi connectivity index (χ3n) is 2.81. The van der Waals surface area contributed by atoms with Crippen molar-refractivity contribution in [2.24, 2.45) is 5.92 Å². The van der Waals surface area contributed by atoms with Crippen molar-refractivity contribution in [2.45, 2.75) is 20.0 Å². The number of amides is 1. The summed E-state index contributed by atoms with van der Waals surface area (Å²) in [6.45, 7) is 4.00. The largest absolute Gasteiger partial charge is 0.391 e. The molecule has 2 aromatic heterocycles. The summed E-state index contributed by atoms with van der Waals surface area (Å²) in [5.74, 6) is -0.192. The molecule has 0 bridgehead atoms. The minimum absolute atomic E-state index is 0.0956. The third kappa shape index (κ3) is 3.10. The van der Waals surface area contributed by atoms with Crippen LogP contribution < -0.4 is 5.32 Å². The number of nitrogens with one attached hydrogen (secondary N) is 1. The minimum atomic E-state index is -0.562. The monoisotopic (exact) mass is 326 g/mol. The molecule has 2 rings (SSSR count). The summed E-state index contributed by atoms with van der Waals surface area (Å²) < 4.78 is 2.31. The van der Waals surface area contributed by atoms with E-state index in [4.69, 9.17) is 0 Å². The van der Waals surface area contributed by atoms with Crippen LogP contribution in [0, 0.1) is 5.92 Å². The molecule has 102 valence electrons. The van der Waals surface area contributed by atoms with Gasteiger partial charge in [-0.05, 0) is 21.8 Å². The summed E-state index contributed by atoms with van der Waals surface area (Å²) in [6.07, 6.45) is 4.23. The zero-order chi connectivity index (χ0) is 14.0. The molecule has 1 unspecified atom stereocenters. The van der Waals surface area contributed by atoms with Crippen molar-refractivity contribution < 1.29 is 9.90 Å². The molecule has 0 aliphatic rings. The lowest BCUT2D eigenvalue weighted by atomic mass is 10.1. The molecule has 0 saturated carbocycles. The highest BCUT2D eigenvalue weighted by Gasteiger charge is 2.16. The molecular weight excluding hydrogens is 312 g/mol. The van der Waals surface area contributed by atoms with E-state index in [1.807, 2.05) is 13.8 Å². The van der Waals surface area contributed by atoms with Crippen molar-refractivity contribution in [1.82, 2.24) is 19.9 Å². The van der Waals surface area contributed by atoms with E-state index < -0.39 is 6.10 Å². The second-order valence-corrected chi connectivity index (χ2v) is 5.54. The Morgan fingerprint density at radius 2 is 2.26 bits per heavy atom. The molecule has 2 N–H and O–H groups in total. The number of rotatable bonds is 4. The average molecular weight is 327 g/mol.